The van der Waals surface area contributed by atoms with Crippen LogP contribution in [0, 0.1) is 33.8 Å². The third-order valence-corrected chi connectivity index (χ3v) is 8.78. The Labute approximate surface area is 119 Å². The molecule has 0 aromatic heterocycles. The molecule has 5 aliphatic rings. The molecular weight excluding hydrogens is 270 g/mol. The second kappa shape index (κ2) is 2.83. The Bertz CT molecular complexity index is 634. The molecule has 0 N–H and O–H groups in total. The number of rotatable bonds is 2. The van der Waals surface area contributed by atoms with Crippen LogP contribution in [0.4, 0.5) is 0 Å². The largest absolute Gasteiger partial charge is 0.360 e. The molecule has 4 nitrogen and oxygen atoms in total. The molecule has 1 saturated heterocycles. The first kappa shape index (κ1) is 11.7. The van der Waals surface area contributed by atoms with Crippen LogP contribution >= 0.6 is 0 Å². The van der Waals surface area contributed by atoms with Crippen LogP contribution < -0.4 is 0 Å². The molecule has 2 saturated carbocycles. The molecule has 0 aromatic rings. The van der Waals surface area contributed by atoms with Gasteiger partial charge in [-0.2, -0.15) is 0 Å². The second-order valence-corrected chi connectivity index (χ2v) is 13.2. The molecule has 1 aliphatic heterocycles. The number of nitrogens with zero attached hydrogens (tertiary/aromatic N) is 1. The van der Waals surface area contributed by atoms with Gasteiger partial charge in [0.2, 0.25) is 5.70 Å². The fourth-order valence-electron chi connectivity index (χ4n) is 6.26. The summed E-state index contributed by atoms with van der Waals surface area (Å²) in [5, 5.41) is 12.9. The Kier molecular flexibility index (Phi) is 1.66. The van der Waals surface area contributed by atoms with Gasteiger partial charge in [-0.1, -0.05) is 31.8 Å². The minimum atomic E-state index is -1.68. The van der Waals surface area contributed by atoms with E-state index in [0.29, 0.717) is 23.5 Å². The van der Waals surface area contributed by atoms with Gasteiger partial charge in [-0.25, -0.2) is 0 Å². The van der Waals surface area contributed by atoms with E-state index in [2.05, 4.69) is 31.8 Å². The molecular formula is C15H19NO3Si. The predicted octanol–water partition coefficient (Wildman–Crippen LogP) is 2.76. The molecule has 5 rings (SSSR count). The molecule has 4 aliphatic carbocycles. The molecule has 0 spiro atoms. The van der Waals surface area contributed by atoms with E-state index >= 15 is 0 Å². The first-order valence-electron chi connectivity index (χ1n) is 7.61. The lowest BCUT2D eigenvalue weighted by Crippen LogP contribution is -2.44. The summed E-state index contributed by atoms with van der Waals surface area (Å²) in [6, 6.07) is 0. The van der Waals surface area contributed by atoms with E-state index < -0.39 is 8.07 Å². The Morgan fingerprint density at radius 2 is 1.80 bits per heavy atom. The van der Waals surface area contributed by atoms with Crippen molar-refractivity contribution >= 4 is 8.07 Å². The number of hydrogen-bond donors (Lipinski definition) is 0. The zero-order chi connectivity index (χ0) is 14.1. The van der Waals surface area contributed by atoms with Crippen LogP contribution in [-0.4, -0.2) is 24.2 Å². The molecule has 0 aromatic carbocycles. The fraction of sp³-hybridized carbons (Fsp3) is 0.733. The van der Waals surface area contributed by atoms with Crippen LogP contribution in [0.25, 0.3) is 0 Å². The molecule has 3 fully saturated rings. The maximum atomic E-state index is 11.7. The van der Waals surface area contributed by atoms with Crippen molar-refractivity contribution in [2.24, 2.45) is 23.7 Å². The van der Waals surface area contributed by atoms with E-state index in [9.17, 15) is 10.1 Å². The highest BCUT2D eigenvalue weighted by Gasteiger charge is 2.93. The van der Waals surface area contributed by atoms with Crippen molar-refractivity contribution in [2.45, 2.75) is 43.7 Å². The van der Waals surface area contributed by atoms with E-state index in [-0.39, 0.29) is 22.0 Å². The zero-order valence-electron chi connectivity index (χ0n) is 12.1. The van der Waals surface area contributed by atoms with Crippen LogP contribution in [0.1, 0.15) is 12.8 Å². The Morgan fingerprint density at radius 3 is 2.35 bits per heavy atom. The lowest BCUT2D eigenvalue weighted by atomic mass is 9.75. The predicted molar refractivity (Wildman–Crippen MR) is 76.2 cm³/mol. The fourth-order valence-corrected chi connectivity index (χ4v) is 8.67. The van der Waals surface area contributed by atoms with Gasteiger partial charge in [-0.05, 0) is 18.0 Å². The van der Waals surface area contributed by atoms with E-state index in [1.807, 2.05) is 0 Å². The minimum Gasteiger partial charge on any atom is -0.360 e. The maximum absolute atomic E-state index is 11.7. The maximum Gasteiger partial charge on any atom is 0.248 e. The van der Waals surface area contributed by atoms with Gasteiger partial charge in [0.05, 0.1) is 18.9 Å². The van der Waals surface area contributed by atoms with Crippen molar-refractivity contribution in [2.75, 3.05) is 0 Å². The van der Waals surface area contributed by atoms with Crippen molar-refractivity contribution in [3.63, 3.8) is 0 Å². The molecule has 5 heteroatoms. The lowest BCUT2D eigenvalue weighted by Gasteiger charge is -2.31. The van der Waals surface area contributed by atoms with Gasteiger partial charge < -0.3 is 4.74 Å². The summed E-state index contributed by atoms with van der Waals surface area (Å²) in [4.78, 5) is 11.6. The van der Waals surface area contributed by atoms with Gasteiger partial charge in [-0.3, -0.25) is 10.1 Å². The number of fused-ring (bicyclic) bond motifs is 4. The smallest absolute Gasteiger partial charge is 0.248 e. The average Bonchev–Trinajstić information content (AvgIpc) is 2.77. The highest BCUT2D eigenvalue weighted by atomic mass is 28.3. The van der Waals surface area contributed by atoms with E-state index in [0.717, 1.165) is 12.8 Å². The number of hydrogen-bond acceptors (Lipinski definition) is 3. The summed E-state index contributed by atoms with van der Waals surface area (Å²) in [6.45, 7) is 6.74. The monoisotopic (exact) mass is 289 g/mol. The van der Waals surface area contributed by atoms with Crippen LogP contribution in [-0.2, 0) is 4.74 Å². The summed E-state index contributed by atoms with van der Waals surface area (Å²) >= 11 is 0. The SMILES string of the molecule is C[Si](C)(C)C1=C([N+](=O)[O-])C2CC1C13OC21C1C=CC3C1. The second-order valence-electron chi connectivity index (χ2n) is 8.17. The topological polar surface area (TPSA) is 55.7 Å². The number of nitro groups is 1. The van der Waals surface area contributed by atoms with Crippen molar-refractivity contribution < 1.29 is 9.66 Å². The highest BCUT2D eigenvalue weighted by molar-refractivity contribution is 6.83. The van der Waals surface area contributed by atoms with Crippen molar-refractivity contribution in [1.82, 2.24) is 0 Å². The van der Waals surface area contributed by atoms with Gasteiger partial charge in [0.1, 0.15) is 11.2 Å². The molecule has 4 bridgehead atoms. The van der Waals surface area contributed by atoms with Crippen molar-refractivity contribution in [3.05, 3.63) is 33.2 Å². The molecule has 106 valence electrons. The summed E-state index contributed by atoms with van der Waals surface area (Å²) < 4.78 is 6.36. The first-order chi connectivity index (χ1) is 9.34. The third kappa shape index (κ3) is 0.871. The third-order valence-electron chi connectivity index (χ3n) is 6.56. The molecule has 6 unspecified atom stereocenters. The molecule has 0 radical (unpaired) electrons. The van der Waals surface area contributed by atoms with Crippen LogP contribution in [0.5, 0.6) is 0 Å². The van der Waals surface area contributed by atoms with Crippen molar-refractivity contribution in [3.8, 4) is 0 Å². The van der Waals surface area contributed by atoms with Crippen LogP contribution in [0.3, 0.4) is 0 Å². The van der Waals surface area contributed by atoms with E-state index in [1.54, 1.807) is 0 Å². The van der Waals surface area contributed by atoms with Crippen molar-refractivity contribution in [1.29, 1.82) is 0 Å². The highest BCUT2D eigenvalue weighted by Crippen LogP contribution is 2.83. The average molecular weight is 289 g/mol. The summed E-state index contributed by atoms with van der Waals surface area (Å²) in [7, 11) is -1.68. The lowest BCUT2D eigenvalue weighted by molar-refractivity contribution is -0.435. The van der Waals surface area contributed by atoms with Gasteiger partial charge in [-0.15, -0.1) is 0 Å². The quantitative estimate of drug-likeness (QED) is 0.258. The Morgan fingerprint density at radius 1 is 1.20 bits per heavy atom. The Hall–Kier alpha value is -0.943. The summed E-state index contributed by atoms with van der Waals surface area (Å²) in [5.41, 5.74) is 0.345. The first-order valence-corrected chi connectivity index (χ1v) is 11.1. The van der Waals surface area contributed by atoms with E-state index in [1.165, 1.54) is 5.20 Å². The normalized spacial score (nSPS) is 53.5. The summed E-state index contributed by atoms with van der Waals surface area (Å²) in [6.07, 6.45) is 6.73. The van der Waals surface area contributed by atoms with Gasteiger partial charge in [0.15, 0.2) is 0 Å². The molecule has 1 heterocycles. The van der Waals surface area contributed by atoms with E-state index in [4.69, 9.17) is 4.74 Å². The van der Waals surface area contributed by atoms with Gasteiger partial charge in [0, 0.05) is 17.8 Å². The molecule has 20 heavy (non-hydrogen) atoms. The number of epoxide rings is 1. The summed E-state index contributed by atoms with van der Waals surface area (Å²) in [5.74, 6) is 1.34. The van der Waals surface area contributed by atoms with Gasteiger partial charge >= 0.3 is 0 Å². The Balaban J connectivity index is 1.74. The zero-order valence-corrected chi connectivity index (χ0v) is 13.1. The molecule has 6 atom stereocenters. The van der Waals surface area contributed by atoms with Crippen LogP contribution in [0.2, 0.25) is 19.6 Å². The minimum absolute atomic E-state index is 0.0355. The molecule has 0 amide bonds. The number of ether oxygens (including phenoxy) is 1. The van der Waals surface area contributed by atoms with Gasteiger partial charge in [0.25, 0.3) is 0 Å². The standard InChI is InChI=1S/C15H19NO3Si/c1-20(2,3)13-11-7-10(12(13)16(17)18)14-8-4-5-9(6-8)15(11,14)19-14/h4-5,8-11H,6-7H2,1-3H3. The van der Waals surface area contributed by atoms with Crippen LogP contribution in [0.15, 0.2) is 23.0 Å².